The molecular weight excluding hydrogens is 267 g/mol. The van der Waals surface area contributed by atoms with Gasteiger partial charge in [-0.3, -0.25) is 10.7 Å². The molecule has 1 radical (unpaired) electrons. The molecule has 0 bridgehead atoms. The van der Waals surface area contributed by atoms with Crippen LogP contribution < -0.4 is 0 Å². The molecule has 1 heterocycles. The summed E-state index contributed by atoms with van der Waals surface area (Å²) in [6.07, 6.45) is 0.827. The Morgan fingerprint density at radius 1 is 1.67 bits per heavy atom. The van der Waals surface area contributed by atoms with E-state index >= 15 is 0 Å². The van der Waals surface area contributed by atoms with Crippen LogP contribution in [0.1, 0.15) is 27.2 Å². The number of likely N-dealkylation sites (tertiary alicyclic amines) is 1. The van der Waals surface area contributed by atoms with Gasteiger partial charge in [0, 0.05) is 39.8 Å². The minimum absolute atomic E-state index is 0. The smallest absolute Gasteiger partial charge is 0.149 e. The Labute approximate surface area is 118 Å². The minimum Gasteiger partial charge on any atom is -0.382 e. The van der Waals surface area contributed by atoms with E-state index in [-0.39, 0.29) is 38.5 Å². The average Bonchev–Trinajstić information content (AvgIpc) is 2.32. The topological polar surface area (TPSA) is 29.5 Å². The Morgan fingerprint density at radius 2 is 2.20 bits per heavy atom. The van der Waals surface area contributed by atoms with Crippen LogP contribution in [0.2, 0.25) is 0 Å². The van der Waals surface area contributed by atoms with Crippen molar-refractivity contribution >= 4 is 5.78 Å². The number of hydrogen-bond acceptors (Lipinski definition) is 3. The van der Waals surface area contributed by atoms with E-state index in [2.05, 4.69) is 18.7 Å². The predicted molar refractivity (Wildman–Crippen MR) is 56.0 cm³/mol. The second kappa shape index (κ2) is 5.85. The first-order valence-corrected chi connectivity index (χ1v) is 5.01. The van der Waals surface area contributed by atoms with Crippen LogP contribution in [0, 0.1) is 5.92 Å². The number of rotatable bonds is 3. The van der Waals surface area contributed by atoms with Crippen molar-refractivity contribution in [1.29, 1.82) is 0 Å². The van der Waals surface area contributed by atoms with Gasteiger partial charge < -0.3 is 9.64 Å². The largest absolute Gasteiger partial charge is 0.382 e. The Kier molecular flexibility index (Phi) is 6.13. The van der Waals surface area contributed by atoms with Crippen molar-refractivity contribution in [1.82, 2.24) is 4.90 Å². The summed E-state index contributed by atoms with van der Waals surface area (Å²) in [5, 5.41) is 0. The maximum Gasteiger partial charge on any atom is 0.149 e. The molecular formula is C11H20NO2Y-. The summed E-state index contributed by atoms with van der Waals surface area (Å²) in [6.45, 7) is 6.39. The van der Waals surface area contributed by atoms with Crippen molar-refractivity contribution < 1.29 is 42.2 Å². The van der Waals surface area contributed by atoms with Gasteiger partial charge in [-0.05, 0) is 14.0 Å². The van der Waals surface area contributed by atoms with Gasteiger partial charge in [0.1, 0.15) is 5.78 Å². The van der Waals surface area contributed by atoms with Crippen LogP contribution >= 0.6 is 0 Å². The molecule has 2 atom stereocenters. The van der Waals surface area contributed by atoms with Crippen molar-refractivity contribution in [2.45, 2.75) is 38.8 Å². The quantitative estimate of drug-likeness (QED) is 0.732. The first-order valence-electron chi connectivity index (χ1n) is 5.01. The van der Waals surface area contributed by atoms with Gasteiger partial charge in [-0.2, -0.15) is 6.92 Å². The molecule has 1 aliphatic heterocycles. The van der Waals surface area contributed by atoms with Gasteiger partial charge in [0.25, 0.3) is 0 Å². The molecule has 1 saturated heterocycles. The first-order chi connectivity index (χ1) is 6.45. The molecule has 15 heavy (non-hydrogen) atoms. The van der Waals surface area contributed by atoms with E-state index in [9.17, 15) is 4.79 Å². The minimum atomic E-state index is -0.418. The van der Waals surface area contributed by atoms with E-state index in [4.69, 9.17) is 4.74 Å². The van der Waals surface area contributed by atoms with Crippen LogP contribution in [0.25, 0.3) is 0 Å². The van der Waals surface area contributed by atoms with Crippen molar-refractivity contribution in [2.24, 2.45) is 0 Å². The third-order valence-corrected chi connectivity index (χ3v) is 3.58. The van der Waals surface area contributed by atoms with E-state index in [1.165, 1.54) is 5.92 Å². The second-order valence-electron chi connectivity index (χ2n) is 4.33. The van der Waals surface area contributed by atoms with Gasteiger partial charge in [-0.15, -0.1) is 12.5 Å². The molecule has 1 rings (SSSR count). The average molecular weight is 287 g/mol. The zero-order valence-corrected chi connectivity index (χ0v) is 13.2. The summed E-state index contributed by atoms with van der Waals surface area (Å²) in [7, 11) is 3.65. The number of nitrogens with zero attached hydrogens (tertiary/aromatic N) is 1. The molecule has 2 unspecified atom stereocenters. The van der Waals surface area contributed by atoms with E-state index in [1.807, 2.05) is 7.05 Å². The Morgan fingerprint density at radius 3 is 2.47 bits per heavy atom. The maximum absolute atomic E-state index is 11.7. The zero-order valence-electron chi connectivity index (χ0n) is 10.3. The van der Waals surface area contributed by atoms with Crippen LogP contribution in [0.15, 0.2) is 0 Å². The summed E-state index contributed by atoms with van der Waals surface area (Å²) in [6, 6.07) is 0.369. The van der Waals surface area contributed by atoms with Crippen LogP contribution in [-0.4, -0.2) is 43.0 Å². The fourth-order valence-electron chi connectivity index (χ4n) is 2.30. The molecule has 3 nitrogen and oxygen atoms in total. The van der Waals surface area contributed by atoms with Crippen molar-refractivity contribution in [3.05, 3.63) is 5.92 Å². The summed E-state index contributed by atoms with van der Waals surface area (Å²) < 4.78 is 5.18. The predicted octanol–water partition coefficient (Wildman–Crippen LogP) is 1.28. The number of carbonyl (C=O) groups excluding carboxylic acids is 1. The molecule has 0 amide bonds. The molecule has 4 heteroatoms. The molecule has 0 saturated carbocycles. The Hall–Kier alpha value is 0.694. The zero-order chi connectivity index (χ0) is 10.9. The van der Waals surface area contributed by atoms with Crippen LogP contribution in [0.5, 0.6) is 0 Å². The first kappa shape index (κ1) is 15.7. The number of hydrogen-bond donors (Lipinski definition) is 0. The summed E-state index contributed by atoms with van der Waals surface area (Å²) in [5.74, 6) is 1.56. The molecule has 0 aliphatic carbocycles. The normalized spacial score (nSPS) is 32.7. The third-order valence-electron chi connectivity index (χ3n) is 3.58. The third kappa shape index (κ3) is 2.69. The summed E-state index contributed by atoms with van der Waals surface area (Å²) in [5.41, 5.74) is -0.418. The van der Waals surface area contributed by atoms with Gasteiger partial charge in [0.05, 0.1) is 12.1 Å². The van der Waals surface area contributed by atoms with Crippen molar-refractivity contribution in [3.8, 4) is 0 Å². The van der Waals surface area contributed by atoms with Gasteiger partial charge in [0.15, 0.2) is 0 Å². The van der Waals surface area contributed by atoms with Gasteiger partial charge >= 0.3 is 0 Å². The molecule has 0 aromatic rings. The molecule has 0 aromatic carbocycles. The van der Waals surface area contributed by atoms with Gasteiger partial charge in [0.2, 0.25) is 0 Å². The van der Waals surface area contributed by atoms with E-state index in [0.29, 0.717) is 12.6 Å². The number of Topliss-reactive ketones (excluding diaryl/α,β-unsaturated/α-hetero) is 1. The molecule has 0 spiro atoms. The second-order valence-corrected chi connectivity index (χ2v) is 4.33. The number of carbonyl (C=O) groups is 1. The van der Waals surface area contributed by atoms with E-state index < -0.39 is 5.54 Å². The number of methoxy groups -OCH3 is 1. The Bertz CT molecular complexity index is 235. The Balaban J connectivity index is 0.00000196. The van der Waals surface area contributed by atoms with Crippen molar-refractivity contribution in [2.75, 3.05) is 20.8 Å². The van der Waals surface area contributed by atoms with Crippen LogP contribution in [0.4, 0.5) is 0 Å². The molecule has 1 fully saturated rings. The van der Waals surface area contributed by atoms with Crippen LogP contribution in [0.3, 0.4) is 0 Å². The fraction of sp³-hybridized carbons (Fsp3) is 0.818. The maximum atomic E-state index is 11.7. The number of likely N-dealkylation sites (N-methyl/N-ethyl adjacent to an activating group) is 1. The molecule has 85 valence electrons. The van der Waals surface area contributed by atoms with Gasteiger partial charge in [-0.25, -0.2) is 0 Å². The SMILES string of the molecule is COCC1(C(C)=O)C[C-](C)C(C)N1C.[Y]. The number of ether oxygens (including phenoxy) is 1. The van der Waals surface area contributed by atoms with E-state index in [0.717, 1.165) is 6.42 Å². The molecule has 0 N–H and O–H groups in total. The van der Waals surface area contributed by atoms with Crippen LogP contribution in [-0.2, 0) is 42.2 Å². The van der Waals surface area contributed by atoms with Gasteiger partial charge in [-0.1, -0.05) is 6.92 Å². The molecule has 1 aliphatic rings. The summed E-state index contributed by atoms with van der Waals surface area (Å²) >= 11 is 0. The number of ketones is 1. The summed E-state index contributed by atoms with van der Waals surface area (Å²) in [4.78, 5) is 13.9. The van der Waals surface area contributed by atoms with E-state index in [1.54, 1.807) is 14.0 Å². The van der Waals surface area contributed by atoms with Crippen molar-refractivity contribution in [3.63, 3.8) is 0 Å². The fourth-order valence-corrected chi connectivity index (χ4v) is 2.30. The molecule has 0 aromatic heterocycles. The standard InChI is InChI=1S/C11H20NO2.Y/c1-8-6-11(7-14-5,10(3)13)12(4)9(8)2;/h9H,6-7H2,1-5H3;/q-1;. The monoisotopic (exact) mass is 287 g/mol.